The number of carbonyl (C=O) groups is 1. The van der Waals surface area contributed by atoms with Crippen LogP contribution in [-0.2, 0) is 0 Å². The van der Waals surface area contributed by atoms with Crippen molar-refractivity contribution in [2.75, 3.05) is 39.3 Å². The molecule has 3 rings (SSSR count). The van der Waals surface area contributed by atoms with Crippen LogP contribution in [0.4, 0.5) is 0 Å². The van der Waals surface area contributed by atoms with E-state index in [9.17, 15) is 4.79 Å². The van der Waals surface area contributed by atoms with Crippen molar-refractivity contribution >= 4 is 17.5 Å². The minimum atomic E-state index is -0.247. The maximum Gasteiger partial charge on any atom is 0.290 e. The average molecular weight is 391 g/mol. The highest BCUT2D eigenvalue weighted by Crippen LogP contribution is 2.23. The maximum absolute atomic E-state index is 12.5. The summed E-state index contributed by atoms with van der Waals surface area (Å²) in [7, 11) is 0. The van der Waals surface area contributed by atoms with Crippen LogP contribution in [0.1, 0.15) is 42.6 Å². The topological polar surface area (TPSA) is 75.1 Å². The highest BCUT2D eigenvalue weighted by Gasteiger charge is 2.20. The molecule has 2 aromatic rings. The first kappa shape index (κ1) is 19.8. The zero-order valence-corrected chi connectivity index (χ0v) is 16.7. The van der Waals surface area contributed by atoms with Crippen LogP contribution in [0, 0.1) is 0 Å². The van der Waals surface area contributed by atoms with Gasteiger partial charge in [0, 0.05) is 38.6 Å². The predicted molar refractivity (Wildman–Crippen MR) is 107 cm³/mol. The number of amides is 1. The maximum atomic E-state index is 12.5. The van der Waals surface area contributed by atoms with Gasteiger partial charge in [0.2, 0.25) is 5.82 Å². The Bertz CT molecular complexity index is 769. The van der Waals surface area contributed by atoms with Crippen molar-refractivity contribution in [2.45, 2.75) is 26.2 Å². The molecule has 2 heterocycles. The lowest BCUT2D eigenvalue weighted by Gasteiger charge is -2.26. The summed E-state index contributed by atoms with van der Waals surface area (Å²) in [6.45, 7) is 9.84. The monoisotopic (exact) mass is 390 g/mol. The summed E-state index contributed by atoms with van der Waals surface area (Å²) in [6, 6.07) is 7.43. The van der Waals surface area contributed by atoms with Gasteiger partial charge in [-0.25, -0.2) is 9.67 Å². The van der Waals surface area contributed by atoms with Gasteiger partial charge in [0.15, 0.2) is 0 Å². The van der Waals surface area contributed by atoms with E-state index in [2.05, 4.69) is 25.6 Å². The van der Waals surface area contributed by atoms with E-state index in [1.807, 2.05) is 32.0 Å². The fraction of sp³-hybridized carbons (Fsp3) is 0.526. The fourth-order valence-electron chi connectivity index (χ4n) is 3.11. The molecule has 1 saturated heterocycles. The smallest absolute Gasteiger partial charge is 0.290 e. The van der Waals surface area contributed by atoms with Crippen LogP contribution < -0.4 is 10.6 Å². The molecule has 1 aliphatic rings. The third-order valence-electron chi connectivity index (χ3n) is 4.58. The summed E-state index contributed by atoms with van der Waals surface area (Å²) in [5, 5.41) is 11.3. The van der Waals surface area contributed by atoms with Gasteiger partial charge in [-0.05, 0) is 25.1 Å². The Morgan fingerprint density at radius 3 is 2.74 bits per heavy atom. The number of hydrogen-bond donors (Lipinski definition) is 2. The summed E-state index contributed by atoms with van der Waals surface area (Å²) >= 11 is 6.30. The molecule has 1 amide bonds. The molecule has 0 unspecified atom stereocenters. The van der Waals surface area contributed by atoms with Gasteiger partial charge in [0.05, 0.1) is 10.7 Å². The number of para-hydroxylation sites is 1. The minimum absolute atomic E-state index is 0.114. The number of benzene rings is 1. The van der Waals surface area contributed by atoms with Gasteiger partial charge in [-0.1, -0.05) is 37.6 Å². The first-order chi connectivity index (χ1) is 13.1. The minimum Gasteiger partial charge on any atom is -0.349 e. The van der Waals surface area contributed by atoms with E-state index in [0.29, 0.717) is 17.4 Å². The van der Waals surface area contributed by atoms with Crippen molar-refractivity contribution in [3.63, 3.8) is 0 Å². The Hall–Kier alpha value is -1.96. The lowest BCUT2D eigenvalue weighted by atomic mass is 10.2. The van der Waals surface area contributed by atoms with Crippen molar-refractivity contribution in [3.05, 3.63) is 40.9 Å². The Kier molecular flexibility index (Phi) is 6.82. The first-order valence-corrected chi connectivity index (χ1v) is 9.87. The van der Waals surface area contributed by atoms with Crippen LogP contribution in [0.5, 0.6) is 0 Å². The van der Waals surface area contributed by atoms with Crippen LogP contribution in [0.3, 0.4) is 0 Å². The second-order valence-electron chi connectivity index (χ2n) is 7.01. The molecule has 0 saturated carbocycles. The molecular formula is C19H27ClN6O. The van der Waals surface area contributed by atoms with Crippen LogP contribution in [-0.4, -0.2) is 64.8 Å². The number of nitrogens with one attached hydrogen (secondary N) is 2. The van der Waals surface area contributed by atoms with Gasteiger partial charge in [0.25, 0.3) is 5.91 Å². The van der Waals surface area contributed by atoms with E-state index in [-0.39, 0.29) is 17.6 Å². The Balaban J connectivity index is 1.63. The number of carbonyl (C=O) groups excluding carboxylic acids is 1. The van der Waals surface area contributed by atoms with Crippen molar-refractivity contribution in [1.29, 1.82) is 0 Å². The highest BCUT2D eigenvalue weighted by molar-refractivity contribution is 6.32. The third kappa shape index (κ3) is 5.06. The molecule has 0 radical (unpaired) electrons. The summed E-state index contributed by atoms with van der Waals surface area (Å²) < 4.78 is 1.67. The molecule has 1 aliphatic heterocycles. The van der Waals surface area contributed by atoms with Crippen LogP contribution in [0.2, 0.25) is 5.02 Å². The lowest BCUT2D eigenvalue weighted by Crippen LogP contribution is -2.44. The molecule has 1 fully saturated rings. The zero-order valence-electron chi connectivity index (χ0n) is 15.9. The van der Waals surface area contributed by atoms with E-state index >= 15 is 0 Å². The normalized spacial score (nSPS) is 15.3. The average Bonchev–Trinajstić information content (AvgIpc) is 3.12. The molecule has 2 N–H and O–H groups in total. The zero-order chi connectivity index (χ0) is 19.2. The van der Waals surface area contributed by atoms with E-state index < -0.39 is 0 Å². The molecular weight excluding hydrogens is 364 g/mol. The van der Waals surface area contributed by atoms with Gasteiger partial charge in [-0.15, -0.1) is 5.10 Å². The summed E-state index contributed by atoms with van der Waals surface area (Å²) in [4.78, 5) is 19.4. The Morgan fingerprint density at radius 2 is 2.04 bits per heavy atom. The third-order valence-corrected chi connectivity index (χ3v) is 4.90. The van der Waals surface area contributed by atoms with Crippen molar-refractivity contribution in [1.82, 2.24) is 30.3 Å². The Morgan fingerprint density at radius 1 is 1.30 bits per heavy atom. The number of hydrogen-bond acceptors (Lipinski definition) is 5. The molecule has 7 nitrogen and oxygen atoms in total. The quantitative estimate of drug-likeness (QED) is 0.708. The van der Waals surface area contributed by atoms with Crippen LogP contribution in [0.15, 0.2) is 24.3 Å². The number of halogens is 1. The van der Waals surface area contributed by atoms with Crippen LogP contribution >= 0.6 is 11.6 Å². The van der Waals surface area contributed by atoms with Gasteiger partial charge < -0.3 is 15.5 Å². The van der Waals surface area contributed by atoms with Crippen molar-refractivity contribution in [3.8, 4) is 5.69 Å². The Labute approximate surface area is 165 Å². The summed E-state index contributed by atoms with van der Waals surface area (Å²) in [5.74, 6) is 0.765. The molecule has 0 aliphatic carbocycles. The SMILES string of the molecule is CC(C)c1nc(C(=O)NCCCN2CCNCC2)nn1-c1ccccc1Cl. The van der Waals surface area contributed by atoms with Crippen LogP contribution in [0.25, 0.3) is 5.69 Å². The summed E-state index contributed by atoms with van der Waals surface area (Å²) in [5.41, 5.74) is 0.730. The van der Waals surface area contributed by atoms with Crippen molar-refractivity contribution in [2.24, 2.45) is 0 Å². The molecule has 27 heavy (non-hydrogen) atoms. The van der Waals surface area contributed by atoms with Gasteiger partial charge >= 0.3 is 0 Å². The van der Waals surface area contributed by atoms with Gasteiger partial charge in [-0.2, -0.15) is 0 Å². The largest absolute Gasteiger partial charge is 0.349 e. The summed E-state index contributed by atoms with van der Waals surface area (Å²) in [6.07, 6.45) is 0.911. The molecule has 1 aromatic heterocycles. The standard InChI is InChI=1S/C19H27ClN6O/c1-14(2)18-23-17(24-26(18)16-7-4-3-6-15(16)20)19(27)22-8-5-11-25-12-9-21-10-13-25/h3-4,6-7,14,21H,5,8-13H2,1-2H3,(H,22,27). The number of nitrogens with zero attached hydrogens (tertiary/aromatic N) is 4. The van der Waals surface area contributed by atoms with E-state index in [1.165, 1.54) is 0 Å². The van der Waals surface area contributed by atoms with Gasteiger partial charge in [0.1, 0.15) is 5.82 Å². The van der Waals surface area contributed by atoms with E-state index in [4.69, 9.17) is 11.6 Å². The number of aromatic nitrogens is 3. The van der Waals surface area contributed by atoms with Gasteiger partial charge in [-0.3, -0.25) is 4.79 Å². The van der Waals surface area contributed by atoms with E-state index in [1.54, 1.807) is 10.7 Å². The molecule has 1 aromatic carbocycles. The lowest BCUT2D eigenvalue weighted by molar-refractivity contribution is 0.0941. The molecule has 146 valence electrons. The fourth-order valence-corrected chi connectivity index (χ4v) is 3.33. The first-order valence-electron chi connectivity index (χ1n) is 9.49. The number of piperazine rings is 1. The molecule has 0 atom stereocenters. The molecule has 0 spiro atoms. The second-order valence-corrected chi connectivity index (χ2v) is 7.42. The highest BCUT2D eigenvalue weighted by atomic mass is 35.5. The number of rotatable bonds is 7. The van der Waals surface area contributed by atoms with Crippen molar-refractivity contribution < 1.29 is 4.79 Å². The molecule has 0 bridgehead atoms. The molecule has 8 heteroatoms. The predicted octanol–water partition coefficient (Wildman–Crippen LogP) is 2.07. The second kappa shape index (κ2) is 9.30. The van der Waals surface area contributed by atoms with E-state index in [0.717, 1.165) is 44.8 Å².